The van der Waals surface area contributed by atoms with Crippen molar-refractivity contribution in [2.45, 2.75) is 31.7 Å². The molecule has 1 aliphatic carbocycles. The molecule has 0 atom stereocenters. The van der Waals surface area contributed by atoms with Crippen LogP contribution < -0.4 is 11.1 Å². The number of rotatable bonds is 5. The van der Waals surface area contributed by atoms with Gasteiger partial charge in [0.05, 0.1) is 0 Å². The summed E-state index contributed by atoms with van der Waals surface area (Å²) in [5.41, 5.74) is 5.86. The molecular weight excluding hydrogens is 174 g/mol. The molecule has 0 aromatic carbocycles. The molecule has 0 aromatic heterocycles. The fraction of sp³-hybridized carbons (Fsp3) is 1.00. The normalized spacial score (nSPS) is 28.3. The van der Waals surface area contributed by atoms with Crippen LogP contribution in [0.1, 0.15) is 25.7 Å². The highest BCUT2D eigenvalue weighted by Gasteiger charge is 2.17. The number of nitrogens with one attached hydrogen (secondary N) is 1. The first-order valence-electron chi connectivity index (χ1n) is 5.79. The van der Waals surface area contributed by atoms with E-state index in [-0.39, 0.29) is 0 Å². The molecule has 1 aliphatic rings. The highest BCUT2D eigenvalue weighted by molar-refractivity contribution is 4.75. The van der Waals surface area contributed by atoms with Gasteiger partial charge in [0.15, 0.2) is 0 Å². The molecule has 14 heavy (non-hydrogen) atoms. The van der Waals surface area contributed by atoms with Crippen LogP contribution in [0.5, 0.6) is 0 Å². The van der Waals surface area contributed by atoms with Crippen LogP contribution in [0.4, 0.5) is 0 Å². The van der Waals surface area contributed by atoms with Gasteiger partial charge < -0.3 is 16.0 Å². The first-order valence-corrected chi connectivity index (χ1v) is 5.79. The van der Waals surface area contributed by atoms with Crippen LogP contribution in [-0.4, -0.2) is 44.7 Å². The molecule has 84 valence electrons. The largest absolute Gasteiger partial charge is 0.328 e. The monoisotopic (exact) mass is 199 g/mol. The van der Waals surface area contributed by atoms with E-state index < -0.39 is 0 Å². The summed E-state index contributed by atoms with van der Waals surface area (Å²) in [5.74, 6) is 0.872. The Balaban J connectivity index is 1.96. The molecule has 0 aliphatic heterocycles. The molecule has 3 N–H and O–H groups in total. The van der Waals surface area contributed by atoms with E-state index in [9.17, 15) is 0 Å². The lowest BCUT2D eigenvalue weighted by molar-refractivity contribution is 0.308. The smallest absolute Gasteiger partial charge is 0.0101 e. The second-order valence-corrected chi connectivity index (χ2v) is 4.79. The molecular formula is C11H25N3. The Labute approximate surface area is 88.0 Å². The summed E-state index contributed by atoms with van der Waals surface area (Å²) in [6, 6.07) is 0.480. The zero-order chi connectivity index (χ0) is 10.4. The fourth-order valence-electron chi connectivity index (χ4n) is 2.00. The van der Waals surface area contributed by atoms with Crippen molar-refractivity contribution in [1.82, 2.24) is 10.2 Å². The van der Waals surface area contributed by atoms with E-state index in [2.05, 4.69) is 24.3 Å². The Morgan fingerprint density at radius 1 is 1.21 bits per heavy atom. The minimum Gasteiger partial charge on any atom is -0.328 e. The second-order valence-electron chi connectivity index (χ2n) is 4.79. The number of likely N-dealkylation sites (N-methyl/N-ethyl adjacent to an activating group) is 1. The van der Waals surface area contributed by atoms with E-state index in [1.807, 2.05) is 0 Å². The van der Waals surface area contributed by atoms with Crippen molar-refractivity contribution in [2.75, 3.05) is 33.7 Å². The van der Waals surface area contributed by atoms with Crippen molar-refractivity contribution in [3.63, 3.8) is 0 Å². The minimum absolute atomic E-state index is 0.480. The maximum Gasteiger partial charge on any atom is 0.0101 e. The van der Waals surface area contributed by atoms with Gasteiger partial charge in [0.25, 0.3) is 0 Å². The molecule has 0 unspecified atom stereocenters. The predicted octanol–water partition coefficient (Wildman–Crippen LogP) is 0.655. The van der Waals surface area contributed by atoms with E-state index in [1.54, 1.807) is 0 Å². The van der Waals surface area contributed by atoms with Crippen molar-refractivity contribution in [2.24, 2.45) is 11.7 Å². The molecule has 0 aromatic rings. The molecule has 0 bridgehead atoms. The summed E-state index contributed by atoms with van der Waals surface area (Å²) in [7, 11) is 4.22. The van der Waals surface area contributed by atoms with Gasteiger partial charge in [-0.1, -0.05) is 0 Å². The maximum atomic E-state index is 5.86. The molecule has 1 fully saturated rings. The highest BCUT2D eigenvalue weighted by Crippen LogP contribution is 2.22. The third-order valence-electron chi connectivity index (χ3n) is 3.06. The van der Waals surface area contributed by atoms with Gasteiger partial charge in [-0.25, -0.2) is 0 Å². The van der Waals surface area contributed by atoms with Gasteiger partial charge in [0.1, 0.15) is 0 Å². The van der Waals surface area contributed by atoms with Crippen LogP contribution in [0, 0.1) is 5.92 Å². The predicted molar refractivity (Wildman–Crippen MR) is 61.4 cm³/mol. The average molecular weight is 199 g/mol. The van der Waals surface area contributed by atoms with Crippen molar-refractivity contribution >= 4 is 0 Å². The molecule has 1 rings (SSSR count). The molecule has 0 spiro atoms. The number of hydrogen-bond donors (Lipinski definition) is 2. The maximum absolute atomic E-state index is 5.86. The van der Waals surface area contributed by atoms with Gasteiger partial charge in [-0.05, 0) is 52.2 Å². The van der Waals surface area contributed by atoms with Crippen LogP contribution in [0.25, 0.3) is 0 Å². The van der Waals surface area contributed by atoms with Gasteiger partial charge in [-0.2, -0.15) is 0 Å². The Hall–Kier alpha value is -0.120. The molecule has 0 saturated heterocycles. The van der Waals surface area contributed by atoms with E-state index in [0.29, 0.717) is 6.04 Å². The van der Waals surface area contributed by atoms with Crippen molar-refractivity contribution < 1.29 is 0 Å². The summed E-state index contributed by atoms with van der Waals surface area (Å²) < 4.78 is 0. The highest BCUT2D eigenvalue weighted by atomic mass is 15.1. The summed E-state index contributed by atoms with van der Waals surface area (Å²) in [6.45, 7) is 3.42. The summed E-state index contributed by atoms with van der Waals surface area (Å²) in [4.78, 5) is 2.21. The Kier molecular flexibility index (Phi) is 5.45. The SMILES string of the molecule is CN(C)CCNCC1CCC(N)CC1. The molecule has 1 saturated carbocycles. The van der Waals surface area contributed by atoms with E-state index in [4.69, 9.17) is 5.73 Å². The zero-order valence-electron chi connectivity index (χ0n) is 9.63. The lowest BCUT2D eigenvalue weighted by Crippen LogP contribution is -2.34. The average Bonchev–Trinajstić information content (AvgIpc) is 2.15. The number of nitrogens with zero attached hydrogens (tertiary/aromatic N) is 1. The molecule has 3 nitrogen and oxygen atoms in total. The lowest BCUT2D eigenvalue weighted by Gasteiger charge is -2.26. The van der Waals surface area contributed by atoms with Gasteiger partial charge >= 0.3 is 0 Å². The topological polar surface area (TPSA) is 41.3 Å². The van der Waals surface area contributed by atoms with Gasteiger partial charge in [0.2, 0.25) is 0 Å². The molecule has 0 amide bonds. The number of hydrogen-bond acceptors (Lipinski definition) is 3. The van der Waals surface area contributed by atoms with Crippen molar-refractivity contribution in [3.05, 3.63) is 0 Å². The molecule has 3 heteroatoms. The first kappa shape index (κ1) is 12.0. The van der Waals surface area contributed by atoms with Crippen LogP contribution in [0.2, 0.25) is 0 Å². The van der Waals surface area contributed by atoms with Gasteiger partial charge in [-0.15, -0.1) is 0 Å². The number of nitrogens with two attached hydrogens (primary N) is 1. The van der Waals surface area contributed by atoms with Gasteiger partial charge in [0, 0.05) is 19.1 Å². The Morgan fingerprint density at radius 3 is 2.43 bits per heavy atom. The van der Waals surface area contributed by atoms with Crippen LogP contribution in [-0.2, 0) is 0 Å². The van der Waals surface area contributed by atoms with Crippen LogP contribution in [0.3, 0.4) is 0 Å². The van der Waals surface area contributed by atoms with Crippen LogP contribution in [0.15, 0.2) is 0 Å². The Bertz CT molecular complexity index is 139. The fourth-order valence-corrected chi connectivity index (χ4v) is 2.00. The second kappa shape index (κ2) is 6.38. The van der Waals surface area contributed by atoms with Crippen molar-refractivity contribution in [3.8, 4) is 0 Å². The van der Waals surface area contributed by atoms with E-state index >= 15 is 0 Å². The minimum atomic E-state index is 0.480. The summed E-state index contributed by atoms with van der Waals surface area (Å²) >= 11 is 0. The van der Waals surface area contributed by atoms with Gasteiger partial charge in [-0.3, -0.25) is 0 Å². The standard InChI is InChI=1S/C11H25N3/c1-14(2)8-7-13-9-10-3-5-11(12)6-4-10/h10-11,13H,3-9,12H2,1-2H3. The van der Waals surface area contributed by atoms with E-state index in [1.165, 1.54) is 32.2 Å². The molecule has 0 radical (unpaired) electrons. The molecule has 0 heterocycles. The Morgan fingerprint density at radius 2 is 1.86 bits per heavy atom. The summed E-state index contributed by atoms with van der Waals surface area (Å²) in [5, 5.41) is 3.52. The lowest BCUT2D eigenvalue weighted by atomic mass is 9.86. The van der Waals surface area contributed by atoms with E-state index in [0.717, 1.165) is 19.0 Å². The van der Waals surface area contributed by atoms with Crippen LogP contribution >= 0.6 is 0 Å². The summed E-state index contributed by atoms with van der Waals surface area (Å²) in [6.07, 6.45) is 5.08. The quantitative estimate of drug-likeness (QED) is 0.639. The zero-order valence-corrected chi connectivity index (χ0v) is 9.63. The van der Waals surface area contributed by atoms with Crippen molar-refractivity contribution in [1.29, 1.82) is 0 Å². The third-order valence-corrected chi connectivity index (χ3v) is 3.06. The first-order chi connectivity index (χ1) is 6.68. The third kappa shape index (κ3) is 4.94.